The van der Waals surface area contributed by atoms with E-state index in [2.05, 4.69) is 18.7 Å². The third kappa shape index (κ3) is 2.54. The largest absolute Gasteiger partial charge is 0.368 e. The van der Waals surface area contributed by atoms with Gasteiger partial charge in [-0.15, -0.1) is 0 Å². The van der Waals surface area contributed by atoms with Gasteiger partial charge in [-0.25, -0.2) is 0 Å². The Hall–Kier alpha value is -0.610. The van der Waals surface area contributed by atoms with Gasteiger partial charge in [0.1, 0.15) is 0 Å². The normalized spacial score (nSPS) is 38.2. The highest BCUT2D eigenvalue weighted by Gasteiger charge is 2.42. The highest BCUT2D eigenvalue weighted by Crippen LogP contribution is 2.35. The summed E-state index contributed by atoms with van der Waals surface area (Å²) in [6.07, 6.45) is 6.22. The second-order valence-corrected chi connectivity index (χ2v) is 6.46. The van der Waals surface area contributed by atoms with Crippen LogP contribution in [0.25, 0.3) is 0 Å². The van der Waals surface area contributed by atoms with Gasteiger partial charge in [-0.05, 0) is 51.0 Å². The van der Waals surface area contributed by atoms with E-state index in [-0.39, 0.29) is 5.91 Å². The van der Waals surface area contributed by atoms with Crippen molar-refractivity contribution < 1.29 is 4.79 Å². The molecule has 0 aromatic heterocycles. The van der Waals surface area contributed by atoms with E-state index in [4.69, 9.17) is 11.5 Å². The molecular formula is C14H27N3O. The van der Waals surface area contributed by atoms with Gasteiger partial charge in [0.15, 0.2) is 0 Å². The second kappa shape index (κ2) is 5.17. The number of carbonyl (C=O) groups excluding carboxylic acids is 1. The van der Waals surface area contributed by atoms with Crippen molar-refractivity contribution in [2.75, 3.05) is 6.54 Å². The lowest BCUT2D eigenvalue weighted by molar-refractivity contribution is -0.125. The zero-order valence-electron chi connectivity index (χ0n) is 11.7. The Bertz CT molecular complexity index is 318. The summed E-state index contributed by atoms with van der Waals surface area (Å²) in [5, 5.41) is 0. The van der Waals surface area contributed by atoms with E-state index in [9.17, 15) is 4.79 Å². The maximum Gasteiger partial charge on any atom is 0.237 e. The first-order chi connectivity index (χ1) is 8.44. The SMILES string of the molecule is CC(C)C1CCCN1C1CCCC(N)(C(N)=O)C1. The molecule has 0 aromatic carbocycles. The van der Waals surface area contributed by atoms with E-state index >= 15 is 0 Å². The number of hydrogen-bond donors (Lipinski definition) is 2. The van der Waals surface area contributed by atoms with Crippen molar-refractivity contribution in [2.24, 2.45) is 17.4 Å². The number of amides is 1. The molecule has 0 radical (unpaired) electrons. The van der Waals surface area contributed by atoms with Gasteiger partial charge in [-0.3, -0.25) is 9.69 Å². The minimum atomic E-state index is -0.771. The first-order valence-electron chi connectivity index (χ1n) is 7.28. The molecule has 1 saturated carbocycles. The molecule has 2 aliphatic rings. The summed E-state index contributed by atoms with van der Waals surface area (Å²) < 4.78 is 0. The minimum absolute atomic E-state index is 0.326. The van der Waals surface area contributed by atoms with Crippen LogP contribution in [0.15, 0.2) is 0 Å². The number of hydrogen-bond acceptors (Lipinski definition) is 3. The molecule has 18 heavy (non-hydrogen) atoms. The molecule has 0 spiro atoms. The van der Waals surface area contributed by atoms with Gasteiger partial charge in [-0.2, -0.15) is 0 Å². The monoisotopic (exact) mass is 253 g/mol. The van der Waals surface area contributed by atoms with Crippen molar-refractivity contribution in [3.63, 3.8) is 0 Å². The fraction of sp³-hybridized carbons (Fsp3) is 0.929. The van der Waals surface area contributed by atoms with Crippen molar-refractivity contribution in [2.45, 2.75) is 70.0 Å². The summed E-state index contributed by atoms with van der Waals surface area (Å²) in [6.45, 7) is 5.73. The molecule has 3 atom stereocenters. The molecule has 0 aromatic rings. The molecule has 4 heteroatoms. The van der Waals surface area contributed by atoms with Gasteiger partial charge in [0.05, 0.1) is 5.54 Å². The van der Waals surface area contributed by atoms with Crippen LogP contribution in [0.3, 0.4) is 0 Å². The molecular weight excluding hydrogens is 226 g/mol. The maximum absolute atomic E-state index is 11.5. The fourth-order valence-electron chi connectivity index (χ4n) is 3.77. The smallest absolute Gasteiger partial charge is 0.237 e. The Morgan fingerprint density at radius 2 is 2.06 bits per heavy atom. The molecule has 4 nitrogen and oxygen atoms in total. The molecule has 2 fully saturated rings. The lowest BCUT2D eigenvalue weighted by Gasteiger charge is -2.42. The van der Waals surface area contributed by atoms with E-state index in [1.54, 1.807) is 0 Å². The van der Waals surface area contributed by atoms with Gasteiger partial charge in [0.25, 0.3) is 0 Å². The van der Waals surface area contributed by atoms with Gasteiger partial charge in [0.2, 0.25) is 5.91 Å². The average Bonchev–Trinajstić information content (AvgIpc) is 2.77. The Kier molecular flexibility index (Phi) is 3.97. The van der Waals surface area contributed by atoms with E-state index in [1.807, 2.05) is 0 Å². The van der Waals surface area contributed by atoms with Crippen molar-refractivity contribution in [1.29, 1.82) is 0 Å². The van der Waals surface area contributed by atoms with Crippen molar-refractivity contribution in [3.05, 3.63) is 0 Å². The van der Waals surface area contributed by atoms with E-state index < -0.39 is 5.54 Å². The molecule has 1 amide bonds. The molecule has 1 heterocycles. The van der Waals surface area contributed by atoms with Gasteiger partial charge < -0.3 is 11.5 Å². The summed E-state index contributed by atoms with van der Waals surface area (Å²) in [5.74, 6) is 0.350. The minimum Gasteiger partial charge on any atom is -0.368 e. The summed E-state index contributed by atoms with van der Waals surface area (Å²) in [6, 6.07) is 1.11. The van der Waals surface area contributed by atoms with E-state index in [1.165, 1.54) is 12.8 Å². The van der Waals surface area contributed by atoms with Crippen LogP contribution in [-0.4, -0.2) is 35.0 Å². The summed E-state index contributed by atoms with van der Waals surface area (Å²) in [7, 11) is 0. The summed E-state index contributed by atoms with van der Waals surface area (Å²) in [4.78, 5) is 14.1. The van der Waals surface area contributed by atoms with Crippen molar-refractivity contribution in [1.82, 2.24) is 4.90 Å². The number of primary amides is 1. The van der Waals surface area contributed by atoms with Gasteiger partial charge >= 0.3 is 0 Å². The Labute approximate surface area is 110 Å². The highest BCUT2D eigenvalue weighted by atomic mass is 16.1. The standard InChI is InChI=1S/C14H27N3O/c1-10(2)12-6-4-8-17(12)11-5-3-7-14(16,9-11)13(15)18/h10-12H,3-9,16H2,1-2H3,(H2,15,18). The van der Waals surface area contributed by atoms with Crippen LogP contribution < -0.4 is 11.5 Å². The predicted molar refractivity (Wildman–Crippen MR) is 72.9 cm³/mol. The van der Waals surface area contributed by atoms with Gasteiger partial charge in [0, 0.05) is 12.1 Å². The zero-order chi connectivity index (χ0) is 13.3. The summed E-state index contributed by atoms with van der Waals surface area (Å²) >= 11 is 0. The quantitative estimate of drug-likeness (QED) is 0.794. The second-order valence-electron chi connectivity index (χ2n) is 6.46. The van der Waals surface area contributed by atoms with E-state index in [0.717, 1.165) is 32.2 Å². The van der Waals surface area contributed by atoms with Crippen LogP contribution >= 0.6 is 0 Å². The van der Waals surface area contributed by atoms with Gasteiger partial charge in [-0.1, -0.05) is 13.8 Å². The number of nitrogens with zero attached hydrogens (tertiary/aromatic N) is 1. The first-order valence-corrected chi connectivity index (χ1v) is 7.28. The van der Waals surface area contributed by atoms with Crippen LogP contribution in [0.2, 0.25) is 0 Å². The van der Waals surface area contributed by atoms with Crippen molar-refractivity contribution in [3.8, 4) is 0 Å². The fourth-order valence-corrected chi connectivity index (χ4v) is 3.77. The molecule has 2 rings (SSSR count). The van der Waals surface area contributed by atoms with Crippen LogP contribution in [0, 0.1) is 5.92 Å². The molecule has 0 bridgehead atoms. The topological polar surface area (TPSA) is 72.3 Å². The zero-order valence-corrected chi connectivity index (χ0v) is 11.7. The highest BCUT2D eigenvalue weighted by molar-refractivity contribution is 5.84. The Morgan fingerprint density at radius 1 is 1.33 bits per heavy atom. The lowest BCUT2D eigenvalue weighted by atomic mass is 9.78. The Morgan fingerprint density at radius 3 is 2.67 bits per heavy atom. The number of nitrogens with two attached hydrogens (primary N) is 2. The number of likely N-dealkylation sites (tertiary alicyclic amines) is 1. The van der Waals surface area contributed by atoms with E-state index in [0.29, 0.717) is 18.0 Å². The Balaban J connectivity index is 2.07. The molecule has 1 saturated heterocycles. The third-order valence-electron chi connectivity index (χ3n) is 4.83. The van der Waals surface area contributed by atoms with Crippen LogP contribution in [0.5, 0.6) is 0 Å². The third-order valence-corrected chi connectivity index (χ3v) is 4.83. The molecule has 1 aliphatic carbocycles. The molecule has 4 N–H and O–H groups in total. The summed E-state index contributed by atoms with van der Waals surface area (Å²) in [5.41, 5.74) is 10.9. The molecule has 1 aliphatic heterocycles. The number of rotatable bonds is 3. The lowest BCUT2D eigenvalue weighted by Crippen LogP contribution is -2.59. The van der Waals surface area contributed by atoms with Crippen LogP contribution in [0.1, 0.15) is 52.4 Å². The molecule has 104 valence electrons. The first kappa shape index (κ1) is 13.8. The molecule has 3 unspecified atom stereocenters. The van der Waals surface area contributed by atoms with Crippen LogP contribution in [-0.2, 0) is 4.79 Å². The van der Waals surface area contributed by atoms with Crippen LogP contribution in [0.4, 0.5) is 0 Å². The maximum atomic E-state index is 11.5. The predicted octanol–water partition coefficient (Wildman–Crippen LogP) is 1.23. The average molecular weight is 253 g/mol. The number of carbonyl (C=O) groups is 1. The van der Waals surface area contributed by atoms with Crippen molar-refractivity contribution >= 4 is 5.91 Å².